The van der Waals surface area contributed by atoms with Gasteiger partial charge in [-0.15, -0.1) is 0 Å². The fraction of sp³-hybridized carbons (Fsp3) is 0.462. The van der Waals surface area contributed by atoms with E-state index in [2.05, 4.69) is 5.32 Å². The maximum atomic E-state index is 14.8. The number of benzene rings is 2. The van der Waals surface area contributed by atoms with E-state index in [1.165, 1.54) is 36.1 Å². The summed E-state index contributed by atoms with van der Waals surface area (Å²) in [5.41, 5.74) is -2.87. The van der Waals surface area contributed by atoms with Crippen LogP contribution in [0.5, 0.6) is 0 Å². The summed E-state index contributed by atoms with van der Waals surface area (Å²) in [5, 5.41) is 13.4. The van der Waals surface area contributed by atoms with Gasteiger partial charge in [-0.3, -0.25) is 9.59 Å². The van der Waals surface area contributed by atoms with Gasteiger partial charge in [0.2, 0.25) is 5.91 Å². The second-order valence-electron chi connectivity index (χ2n) is 10.2. The van der Waals surface area contributed by atoms with E-state index in [0.717, 1.165) is 6.07 Å². The Morgan fingerprint density at radius 3 is 2.47 bits per heavy atom. The third-order valence-corrected chi connectivity index (χ3v) is 9.42. The Bertz CT molecular complexity index is 1410. The molecule has 3 aliphatic rings. The molecule has 1 aliphatic heterocycles. The Labute approximate surface area is 216 Å². The lowest BCUT2D eigenvalue weighted by atomic mass is 9.96. The number of likely N-dealkylation sites (tertiary alicyclic amines) is 1. The summed E-state index contributed by atoms with van der Waals surface area (Å²) in [5.74, 6) is -2.46. The summed E-state index contributed by atoms with van der Waals surface area (Å²) < 4.78 is 78.4. The lowest BCUT2D eigenvalue weighted by Crippen LogP contribution is -2.50. The number of hydrogen-bond donors (Lipinski definition) is 2. The molecule has 7 nitrogen and oxygen atoms in total. The molecule has 5 rings (SSSR count). The van der Waals surface area contributed by atoms with Gasteiger partial charge in [-0.05, 0) is 61.9 Å². The summed E-state index contributed by atoms with van der Waals surface area (Å²) in [7, 11) is -3.57. The maximum absolute atomic E-state index is 14.8. The number of alkyl halides is 3. The molecule has 0 bridgehead atoms. The van der Waals surface area contributed by atoms with Gasteiger partial charge in [0.25, 0.3) is 5.91 Å². The van der Waals surface area contributed by atoms with Crippen LogP contribution in [-0.4, -0.2) is 53.7 Å². The van der Waals surface area contributed by atoms with Gasteiger partial charge in [0.15, 0.2) is 9.84 Å². The standard InChI is InChI=1S/C26H26F4N2O5S/c1-2-38(36,37)17-5-3-4-14(10-17)24(34)32-20-11-15(20)12-21(32)23(33)31-22(25(35)8-9-25)18-7-6-16(13-19(18)27)26(28,29)30/h3-7,10,13,15,20-22,35H,2,8-9,11-12H2,1H3,(H,31,33)/t15-,20-,21-,22?/m1/s1. The molecule has 0 spiro atoms. The Hall–Kier alpha value is -2.99. The molecule has 4 atom stereocenters. The highest BCUT2D eigenvalue weighted by Gasteiger charge is 2.57. The minimum absolute atomic E-state index is 0.00723. The third-order valence-electron chi connectivity index (χ3n) is 7.69. The Morgan fingerprint density at radius 2 is 1.87 bits per heavy atom. The minimum Gasteiger partial charge on any atom is -0.387 e. The molecule has 1 saturated heterocycles. The molecule has 1 unspecified atom stereocenters. The average Bonchev–Trinajstić information content (AvgIpc) is 3.78. The summed E-state index contributed by atoms with van der Waals surface area (Å²) >= 11 is 0. The number of halogens is 4. The second-order valence-corrected chi connectivity index (χ2v) is 12.5. The van der Waals surface area contributed by atoms with Gasteiger partial charge >= 0.3 is 6.18 Å². The van der Waals surface area contributed by atoms with Crippen LogP contribution in [0.1, 0.15) is 60.1 Å². The van der Waals surface area contributed by atoms with E-state index in [1.54, 1.807) is 0 Å². The first kappa shape index (κ1) is 26.6. The number of carbonyl (C=O) groups excluding carboxylic acids is 2. The van der Waals surface area contributed by atoms with Gasteiger partial charge in [0.05, 0.1) is 27.9 Å². The molecule has 2 aromatic carbocycles. The van der Waals surface area contributed by atoms with Gasteiger partial charge in [-0.25, -0.2) is 12.8 Å². The van der Waals surface area contributed by atoms with Crippen LogP contribution in [0.4, 0.5) is 17.6 Å². The fourth-order valence-electron chi connectivity index (χ4n) is 5.22. The van der Waals surface area contributed by atoms with Crippen molar-refractivity contribution in [2.75, 3.05) is 5.75 Å². The predicted octanol–water partition coefficient (Wildman–Crippen LogP) is 3.62. The van der Waals surface area contributed by atoms with Crippen LogP contribution in [-0.2, 0) is 20.8 Å². The zero-order valence-corrected chi connectivity index (χ0v) is 21.2. The number of nitrogens with one attached hydrogen (secondary N) is 1. The monoisotopic (exact) mass is 554 g/mol. The lowest BCUT2D eigenvalue weighted by Gasteiger charge is -2.31. The van der Waals surface area contributed by atoms with Crippen LogP contribution in [0.2, 0.25) is 0 Å². The molecule has 2 N–H and O–H groups in total. The lowest BCUT2D eigenvalue weighted by molar-refractivity contribution is -0.137. The molecule has 38 heavy (non-hydrogen) atoms. The first-order valence-corrected chi connectivity index (χ1v) is 14.0. The van der Waals surface area contributed by atoms with Gasteiger partial charge in [-0.2, -0.15) is 13.2 Å². The van der Waals surface area contributed by atoms with E-state index in [4.69, 9.17) is 0 Å². The number of fused-ring (bicyclic) bond motifs is 1. The van der Waals surface area contributed by atoms with E-state index in [-0.39, 0.29) is 46.6 Å². The van der Waals surface area contributed by atoms with Crippen LogP contribution < -0.4 is 5.32 Å². The number of sulfone groups is 1. The maximum Gasteiger partial charge on any atom is 0.416 e. The Morgan fingerprint density at radius 1 is 1.16 bits per heavy atom. The van der Waals surface area contributed by atoms with E-state index in [1.807, 2.05) is 0 Å². The van der Waals surface area contributed by atoms with Gasteiger partial charge in [0.1, 0.15) is 11.9 Å². The summed E-state index contributed by atoms with van der Waals surface area (Å²) in [6, 6.07) is 5.06. The van der Waals surface area contributed by atoms with Crippen LogP contribution in [0.15, 0.2) is 47.4 Å². The van der Waals surface area contributed by atoms with Gasteiger partial charge in [-0.1, -0.05) is 19.1 Å². The second kappa shape index (κ2) is 9.04. The highest BCUT2D eigenvalue weighted by molar-refractivity contribution is 7.91. The largest absolute Gasteiger partial charge is 0.416 e. The van der Waals surface area contributed by atoms with Crippen LogP contribution >= 0.6 is 0 Å². The van der Waals surface area contributed by atoms with Gasteiger partial charge in [0, 0.05) is 17.2 Å². The number of aliphatic hydroxyl groups is 1. The molecule has 3 fully saturated rings. The van der Waals surface area contributed by atoms with Crippen molar-refractivity contribution in [1.82, 2.24) is 10.2 Å². The zero-order chi connectivity index (χ0) is 27.6. The minimum atomic E-state index is -4.76. The molecular weight excluding hydrogens is 528 g/mol. The molecular formula is C26H26F4N2O5S. The first-order chi connectivity index (χ1) is 17.7. The van der Waals surface area contributed by atoms with E-state index in [9.17, 15) is 40.7 Å². The highest BCUT2D eigenvalue weighted by Crippen LogP contribution is 2.50. The molecule has 2 amide bonds. The number of rotatable bonds is 7. The van der Waals surface area contributed by atoms with Crippen molar-refractivity contribution < 1.29 is 40.7 Å². The summed E-state index contributed by atoms with van der Waals surface area (Å²) in [4.78, 5) is 28.3. The van der Waals surface area contributed by atoms with Crippen LogP contribution in [0.25, 0.3) is 0 Å². The number of nitrogens with zero attached hydrogens (tertiary/aromatic N) is 1. The van der Waals surface area contributed by atoms with Crippen molar-refractivity contribution in [3.8, 4) is 0 Å². The fourth-order valence-corrected chi connectivity index (χ4v) is 6.14. The number of hydrogen-bond acceptors (Lipinski definition) is 5. The molecule has 2 aromatic rings. The van der Waals surface area contributed by atoms with Crippen molar-refractivity contribution in [2.45, 2.75) is 67.4 Å². The van der Waals surface area contributed by atoms with Crippen molar-refractivity contribution in [2.24, 2.45) is 5.92 Å². The molecule has 2 aliphatic carbocycles. The first-order valence-electron chi connectivity index (χ1n) is 12.3. The van der Waals surface area contributed by atoms with Gasteiger partial charge < -0.3 is 15.3 Å². The van der Waals surface area contributed by atoms with E-state index < -0.39 is 56.9 Å². The van der Waals surface area contributed by atoms with E-state index in [0.29, 0.717) is 25.0 Å². The topological polar surface area (TPSA) is 104 Å². The average molecular weight is 555 g/mol. The van der Waals surface area contributed by atoms with Crippen LogP contribution in [0.3, 0.4) is 0 Å². The van der Waals surface area contributed by atoms with Crippen molar-refractivity contribution >= 4 is 21.7 Å². The molecule has 204 valence electrons. The smallest absolute Gasteiger partial charge is 0.387 e. The number of piperidine rings is 1. The number of amides is 2. The van der Waals surface area contributed by atoms with Crippen molar-refractivity contribution in [3.63, 3.8) is 0 Å². The Balaban J connectivity index is 1.40. The predicted molar refractivity (Wildman–Crippen MR) is 127 cm³/mol. The summed E-state index contributed by atoms with van der Waals surface area (Å²) in [6.45, 7) is 1.49. The Kier molecular flexibility index (Phi) is 6.33. The molecule has 1 heterocycles. The van der Waals surface area contributed by atoms with E-state index >= 15 is 0 Å². The molecule has 0 radical (unpaired) electrons. The number of carbonyl (C=O) groups is 2. The zero-order valence-electron chi connectivity index (χ0n) is 20.3. The van der Waals surface area contributed by atoms with Crippen molar-refractivity contribution in [3.05, 3.63) is 65.0 Å². The molecule has 12 heteroatoms. The normalized spacial score (nSPS) is 24.5. The van der Waals surface area contributed by atoms with Crippen LogP contribution in [0, 0.1) is 11.7 Å². The highest BCUT2D eigenvalue weighted by atomic mass is 32.2. The SMILES string of the molecule is CCS(=O)(=O)c1cccc(C(=O)N2[C@@H](C(=O)NC(c3ccc(C(F)(F)F)cc3F)C3(O)CC3)C[C@H]3C[C@H]32)c1. The summed E-state index contributed by atoms with van der Waals surface area (Å²) in [6.07, 6.45) is -3.31. The third kappa shape index (κ3) is 4.79. The molecule has 2 saturated carbocycles. The van der Waals surface area contributed by atoms with Crippen molar-refractivity contribution in [1.29, 1.82) is 0 Å². The quantitative estimate of drug-likeness (QED) is 0.509. The molecule has 0 aromatic heterocycles.